The van der Waals surface area contributed by atoms with E-state index in [1.54, 1.807) is 13.8 Å². The monoisotopic (exact) mass is 389 g/mol. The van der Waals surface area contributed by atoms with Crippen molar-refractivity contribution in [3.05, 3.63) is 0 Å². The standard InChI is InChI=1S/C20H39NO6/c1-11-8-16(22)12(2)13(3)17(23)14(4)19(25)27-10-20(6,26)18(24)15(5)21(7)9-11/h11-18,22-24,26H,8-10H2,1-7H3/t11-,12-,13-,14+,15+,16+,17+,18+,20?/m0/s1. The number of rotatable bonds is 0. The lowest BCUT2D eigenvalue weighted by Crippen LogP contribution is -2.55. The summed E-state index contributed by atoms with van der Waals surface area (Å²) in [4.78, 5) is 14.3. The first-order valence-corrected chi connectivity index (χ1v) is 9.93. The zero-order valence-electron chi connectivity index (χ0n) is 17.8. The lowest BCUT2D eigenvalue weighted by Gasteiger charge is -2.38. The second kappa shape index (κ2) is 9.65. The van der Waals surface area contributed by atoms with Gasteiger partial charge in [-0.15, -0.1) is 0 Å². The average molecular weight is 390 g/mol. The molecule has 7 nitrogen and oxygen atoms in total. The third-order valence-corrected chi connectivity index (χ3v) is 6.40. The maximum absolute atomic E-state index is 12.3. The van der Waals surface area contributed by atoms with E-state index in [1.807, 2.05) is 32.7 Å². The molecule has 0 aromatic heterocycles. The molecule has 0 radical (unpaired) electrons. The van der Waals surface area contributed by atoms with Gasteiger partial charge in [0.05, 0.1) is 18.1 Å². The van der Waals surface area contributed by atoms with Crippen molar-refractivity contribution >= 4 is 5.97 Å². The maximum Gasteiger partial charge on any atom is 0.311 e. The maximum atomic E-state index is 12.3. The van der Waals surface area contributed by atoms with E-state index < -0.39 is 35.8 Å². The van der Waals surface area contributed by atoms with Gasteiger partial charge in [0.25, 0.3) is 0 Å². The molecular formula is C20H39NO6. The summed E-state index contributed by atoms with van der Waals surface area (Å²) in [6.45, 7) is 10.8. The Morgan fingerprint density at radius 2 is 1.63 bits per heavy atom. The van der Waals surface area contributed by atoms with Gasteiger partial charge < -0.3 is 30.1 Å². The second-order valence-electron chi connectivity index (χ2n) is 9.00. The Hall–Kier alpha value is -0.730. The van der Waals surface area contributed by atoms with Crippen LogP contribution >= 0.6 is 0 Å². The summed E-state index contributed by atoms with van der Waals surface area (Å²) in [5.41, 5.74) is -1.62. The molecule has 7 heteroatoms. The van der Waals surface area contributed by atoms with Gasteiger partial charge in [-0.1, -0.05) is 20.8 Å². The number of nitrogens with zero attached hydrogens (tertiary/aromatic N) is 1. The highest BCUT2D eigenvalue weighted by molar-refractivity contribution is 5.72. The molecule has 0 aliphatic carbocycles. The summed E-state index contributed by atoms with van der Waals surface area (Å²) in [6, 6.07) is -0.372. The third-order valence-electron chi connectivity index (χ3n) is 6.40. The Kier molecular flexibility index (Phi) is 8.69. The van der Waals surface area contributed by atoms with Gasteiger partial charge in [0, 0.05) is 12.6 Å². The van der Waals surface area contributed by atoms with Crippen LogP contribution in [-0.4, -0.2) is 81.4 Å². The predicted octanol–water partition coefficient (Wildman–Crippen LogP) is 0.632. The molecule has 1 heterocycles. The normalized spacial score (nSPS) is 47.0. The Balaban J connectivity index is 3.12. The molecule has 0 amide bonds. The molecule has 1 fully saturated rings. The van der Waals surface area contributed by atoms with Crippen molar-refractivity contribution in [2.45, 2.75) is 77.9 Å². The third kappa shape index (κ3) is 6.12. The fraction of sp³-hybridized carbons (Fsp3) is 0.950. The lowest BCUT2D eigenvalue weighted by molar-refractivity contribution is -0.170. The van der Waals surface area contributed by atoms with Crippen LogP contribution < -0.4 is 0 Å². The van der Waals surface area contributed by atoms with Crippen LogP contribution in [0, 0.1) is 23.7 Å². The van der Waals surface area contributed by atoms with Crippen LogP contribution in [0.1, 0.15) is 48.0 Å². The van der Waals surface area contributed by atoms with Crippen molar-refractivity contribution in [1.82, 2.24) is 4.90 Å². The number of likely N-dealkylation sites (N-methyl/N-ethyl adjacent to an activating group) is 1. The van der Waals surface area contributed by atoms with E-state index in [4.69, 9.17) is 4.74 Å². The van der Waals surface area contributed by atoms with Gasteiger partial charge in [-0.2, -0.15) is 0 Å². The molecule has 1 aliphatic heterocycles. The summed E-state index contributed by atoms with van der Waals surface area (Å²) in [5, 5.41) is 42.4. The van der Waals surface area contributed by atoms with Crippen LogP contribution in [0.3, 0.4) is 0 Å². The predicted molar refractivity (Wildman–Crippen MR) is 103 cm³/mol. The van der Waals surface area contributed by atoms with Crippen LogP contribution in [0.15, 0.2) is 0 Å². The van der Waals surface area contributed by atoms with E-state index in [9.17, 15) is 25.2 Å². The highest BCUT2D eigenvalue weighted by Crippen LogP contribution is 2.28. The summed E-state index contributed by atoms with van der Waals surface area (Å²) < 4.78 is 5.21. The highest BCUT2D eigenvalue weighted by atomic mass is 16.5. The number of esters is 1. The first kappa shape index (κ1) is 24.3. The lowest BCUT2D eigenvalue weighted by atomic mass is 9.79. The molecule has 4 N–H and O–H groups in total. The van der Waals surface area contributed by atoms with E-state index in [2.05, 4.69) is 0 Å². The largest absolute Gasteiger partial charge is 0.462 e. The highest BCUT2D eigenvalue weighted by Gasteiger charge is 2.40. The van der Waals surface area contributed by atoms with Crippen molar-refractivity contribution in [1.29, 1.82) is 0 Å². The number of hydrogen-bond acceptors (Lipinski definition) is 7. The Morgan fingerprint density at radius 3 is 2.19 bits per heavy atom. The molecular weight excluding hydrogens is 350 g/mol. The summed E-state index contributed by atoms with van der Waals surface area (Å²) in [7, 11) is 1.86. The zero-order chi connectivity index (χ0) is 21.1. The van der Waals surface area contributed by atoms with E-state index >= 15 is 0 Å². The molecule has 0 aromatic carbocycles. The van der Waals surface area contributed by atoms with Gasteiger partial charge in [-0.3, -0.25) is 4.79 Å². The first-order valence-electron chi connectivity index (χ1n) is 9.93. The van der Waals surface area contributed by atoms with Crippen LogP contribution in [0.2, 0.25) is 0 Å². The number of carbonyl (C=O) groups excluding carboxylic acids is 1. The van der Waals surface area contributed by atoms with E-state index in [0.29, 0.717) is 13.0 Å². The number of aliphatic hydroxyl groups excluding tert-OH is 3. The molecule has 9 atom stereocenters. The molecule has 1 saturated heterocycles. The molecule has 0 bridgehead atoms. The molecule has 1 aliphatic rings. The number of aliphatic hydroxyl groups is 4. The molecule has 0 saturated carbocycles. The minimum absolute atomic E-state index is 0.150. The number of carbonyl (C=O) groups is 1. The Bertz CT molecular complexity index is 485. The second-order valence-corrected chi connectivity index (χ2v) is 9.00. The quantitative estimate of drug-likeness (QED) is 0.450. The molecule has 1 rings (SSSR count). The van der Waals surface area contributed by atoms with Gasteiger partial charge in [0.2, 0.25) is 0 Å². The topological polar surface area (TPSA) is 110 Å². The fourth-order valence-electron chi connectivity index (χ4n) is 3.81. The van der Waals surface area contributed by atoms with Crippen LogP contribution in [0.5, 0.6) is 0 Å². The number of ether oxygens (including phenoxy) is 1. The molecule has 27 heavy (non-hydrogen) atoms. The van der Waals surface area contributed by atoms with Gasteiger partial charge >= 0.3 is 5.97 Å². The van der Waals surface area contributed by atoms with Crippen molar-refractivity contribution in [2.75, 3.05) is 20.2 Å². The smallest absolute Gasteiger partial charge is 0.311 e. The minimum atomic E-state index is -1.62. The van der Waals surface area contributed by atoms with Crippen molar-refractivity contribution in [3.8, 4) is 0 Å². The Morgan fingerprint density at radius 1 is 1.07 bits per heavy atom. The van der Waals surface area contributed by atoms with E-state index in [1.165, 1.54) is 6.92 Å². The zero-order valence-corrected chi connectivity index (χ0v) is 17.8. The summed E-state index contributed by atoms with van der Waals surface area (Å²) in [5.74, 6) is -1.78. The SMILES string of the molecule is C[C@H]1C[C@@H](O)[C@@H](C)[C@H](C)[C@@H](O)[C@@H](C)C(=O)OCC(C)(O)[C@H](O)[C@@H](C)N(C)C1. The van der Waals surface area contributed by atoms with Crippen molar-refractivity contribution in [3.63, 3.8) is 0 Å². The average Bonchev–Trinajstić information content (AvgIpc) is 2.61. The fourth-order valence-corrected chi connectivity index (χ4v) is 3.81. The molecule has 160 valence electrons. The van der Waals surface area contributed by atoms with Gasteiger partial charge in [0.1, 0.15) is 18.3 Å². The van der Waals surface area contributed by atoms with Crippen molar-refractivity contribution < 1.29 is 30.0 Å². The van der Waals surface area contributed by atoms with Gasteiger partial charge in [0.15, 0.2) is 0 Å². The van der Waals surface area contributed by atoms with Crippen LogP contribution in [-0.2, 0) is 9.53 Å². The Labute approximate surface area is 163 Å². The summed E-state index contributed by atoms with van der Waals surface area (Å²) >= 11 is 0. The minimum Gasteiger partial charge on any atom is -0.462 e. The molecule has 0 spiro atoms. The van der Waals surface area contributed by atoms with Crippen LogP contribution in [0.4, 0.5) is 0 Å². The van der Waals surface area contributed by atoms with E-state index in [-0.39, 0.29) is 30.4 Å². The molecule has 1 unspecified atom stereocenters. The first-order chi connectivity index (χ1) is 12.3. The molecule has 0 aromatic rings. The summed E-state index contributed by atoms with van der Waals surface area (Å²) in [6.07, 6.45) is -2.18. The van der Waals surface area contributed by atoms with Crippen LogP contribution in [0.25, 0.3) is 0 Å². The van der Waals surface area contributed by atoms with Gasteiger partial charge in [-0.05, 0) is 52.0 Å². The number of hydrogen-bond donors (Lipinski definition) is 4. The van der Waals surface area contributed by atoms with E-state index in [0.717, 1.165) is 0 Å². The van der Waals surface area contributed by atoms with Crippen molar-refractivity contribution in [2.24, 2.45) is 23.7 Å². The van der Waals surface area contributed by atoms with Gasteiger partial charge in [-0.25, -0.2) is 0 Å². The number of cyclic esters (lactones) is 1.